The molecule has 1 fully saturated rings. The fraction of sp³-hybridized carbons (Fsp3) is 0.615. The predicted octanol–water partition coefficient (Wildman–Crippen LogP) is 2.31. The molecular weight excluding hydrogens is 278 g/mol. The summed E-state index contributed by atoms with van der Waals surface area (Å²) in [4.78, 5) is 27.1. The molecule has 1 aliphatic rings. The molecule has 0 spiro atoms. The van der Waals surface area contributed by atoms with Crippen molar-refractivity contribution in [3.05, 3.63) is 11.1 Å². The maximum absolute atomic E-state index is 11.9. The van der Waals surface area contributed by atoms with Crippen molar-refractivity contribution in [3.63, 3.8) is 0 Å². The van der Waals surface area contributed by atoms with Gasteiger partial charge >= 0.3 is 6.09 Å². The minimum atomic E-state index is -0.558. The zero-order valence-electron chi connectivity index (χ0n) is 11.5. The Morgan fingerprint density at radius 2 is 2.15 bits per heavy atom. The fourth-order valence-electron chi connectivity index (χ4n) is 2.27. The first-order valence-corrected chi connectivity index (χ1v) is 7.64. The summed E-state index contributed by atoms with van der Waals surface area (Å²) in [5.74, 6) is -0.00758. The van der Waals surface area contributed by atoms with Gasteiger partial charge in [0.2, 0.25) is 5.91 Å². The number of aromatic nitrogens is 1. The number of nitrogens with one attached hydrogen (secondary N) is 2. The van der Waals surface area contributed by atoms with E-state index in [1.807, 2.05) is 0 Å². The third-order valence-corrected chi connectivity index (χ3v) is 4.06. The molecule has 0 atom stereocenters. The highest BCUT2D eigenvalue weighted by atomic mass is 32.1. The molecule has 20 heavy (non-hydrogen) atoms. The van der Waals surface area contributed by atoms with Gasteiger partial charge in [0, 0.05) is 11.4 Å². The number of thiazole rings is 1. The lowest BCUT2D eigenvalue weighted by molar-refractivity contribution is -0.121. The van der Waals surface area contributed by atoms with Gasteiger partial charge < -0.3 is 10.1 Å². The average Bonchev–Trinajstić information content (AvgIpc) is 2.86. The molecule has 1 saturated carbocycles. The smallest absolute Gasteiger partial charge is 0.413 e. The molecule has 1 heterocycles. The quantitative estimate of drug-likeness (QED) is 0.893. The van der Waals surface area contributed by atoms with E-state index in [2.05, 4.69) is 20.4 Å². The zero-order chi connectivity index (χ0) is 14.4. The standard InChI is InChI=1S/C13H19N3O3S/c1-19-13(18)16-12-15-10(8-20-12)7-11(17)14-9-5-3-2-4-6-9/h8-9H,2-7H2,1H3,(H,14,17)(H,15,16,18). The number of hydrogen-bond acceptors (Lipinski definition) is 5. The molecule has 1 aliphatic carbocycles. The maximum atomic E-state index is 11.9. The Balaban J connectivity index is 1.80. The van der Waals surface area contributed by atoms with E-state index < -0.39 is 6.09 Å². The second-order valence-electron chi connectivity index (χ2n) is 4.84. The van der Waals surface area contributed by atoms with Crippen LogP contribution >= 0.6 is 11.3 Å². The molecule has 2 amide bonds. The molecule has 7 heteroatoms. The van der Waals surface area contributed by atoms with E-state index in [1.165, 1.54) is 37.7 Å². The van der Waals surface area contributed by atoms with E-state index in [1.54, 1.807) is 5.38 Å². The molecule has 6 nitrogen and oxygen atoms in total. The summed E-state index contributed by atoms with van der Waals surface area (Å²) in [6.45, 7) is 0. The van der Waals surface area contributed by atoms with E-state index in [4.69, 9.17) is 0 Å². The number of nitrogens with zero attached hydrogens (tertiary/aromatic N) is 1. The van der Waals surface area contributed by atoms with Crippen LogP contribution in [0, 0.1) is 0 Å². The van der Waals surface area contributed by atoms with E-state index in [-0.39, 0.29) is 12.3 Å². The Hall–Kier alpha value is -1.63. The predicted molar refractivity (Wildman–Crippen MR) is 76.9 cm³/mol. The van der Waals surface area contributed by atoms with Crippen LogP contribution in [0.3, 0.4) is 0 Å². The van der Waals surface area contributed by atoms with Gasteiger partial charge in [-0.3, -0.25) is 10.1 Å². The van der Waals surface area contributed by atoms with Crippen molar-refractivity contribution in [2.75, 3.05) is 12.4 Å². The molecular formula is C13H19N3O3S. The first-order valence-electron chi connectivity index (χ1n) is 6.76. The van der Waals surface area contributed by atoms with Crippen LogP contribution in [-0.4, -0.2) is 30.1 Å². The van der Waals surface area contributed by atoms with Crippen molar-refractivity contribution >= 4 is 28.5 Å². The maximum Gasteiger partial charge on any atom is 0.413 e. The summed E-state index contributed by atoms with van der Waals surface area (Å²) < 4.78 is 4.48. The highest BCUT2D eigenvalue weighted by molar-refractivity contribution is 7.13. The van der Waals surface area contributed by atoms with Gasteiger partial charge in [0.25, 0.3) is 0 Å². The second kappa shape index (κ2) is 7.23. The van der Waals surface area contributed by atoms with Crippen LogP contribution < -0.4 is 10.6 Å². The van der Waals surface area contributed by atoms with Crippen molar-refractivity contribution in [2.45, 2.75) is 44.6 Å². The van der Waals surface area contributed by atoms with Crippen LogP contribution in [0.25, 0.3) is 0 Å². The Labute approximate surface area is 121 Å². The second-order valence-corrected chi connectivity index (χ2v) is 5.70. The SMILES string of the molecule is COC(=O)Nc1nc(CC(=O)NC2CCCCC2)cs1. The highest BCUT2D eigenvalue weighted by Crippen LogP contribution is 2.18. The third kappa shape index (κ3) is 4.48. The number of carbonyl (C=O) groups is 2. The van der Waals surface area contributed by atoms with Crippen molar-refractivity contribution in [2.24, 2.45) is 0 Å². The summed E-state index contributed by atoms with van der Waals surface area (Å²) in [7, 11) is 1.29. The van der Waals surface area contributed by atoms with Crippen molar-refractivity contribution in [3.8, 4) is 0 Å². The third-order valence-electron chi connectivity index (χ3n) is 3.26. The Kier molecular flexibility index (Phi) is 5.34. The van der Waals surface area contributed by atoms with Gasteiger partial charge in [0.1, 0.15) is 0 Å². The summed E-state index contributed by atoms with van der Waals surface area (Å²) in [5.41, 5.74) is 0.662. The Morgan fingerprint density at radius 3 is 2.85 bits per heavy atom. The minimum absolute atomic E-state index is 0.00758. The van der Waals surface area contributed by atoms with E-state index in [9.17, 15) is 9.59 Å². The summed E-state index contributed by atoms with van der Waals surface area (Å²) >= 11 is 1.28. The Morgan fingerprint density at radius 1 is 1.40 bits per heavy atom. The number of anilines is 1. The molecule has 0 unspecified atom stereocenters. The largest absolute Gasteiger partial charge is 0.453 e. The van der Waals surface area contributed by atoms with Crippen LogP contribution in [0.4, 0.5) is 9.93 Å². The fourth-order valence-corrected chi connectivity index (χ4v) is 2.97. The first kappa shape index (κ1) is 14.8. The van der Waals surface area contributed by atoms with E-state index in [0.717, 1.165) is 12.8 Å². The molecule has 0 aliphatic heterocycles. The van der Waals surface area contributed by atoms with Crippen LogP contribution in [0.15, 0.2) is 5.38 Å². The van der Waals surface area contributed by atoms with Crippen LogP contribution in [0.1, 0.15) is 37.8 Å². The monoisotopic (exact) mass is 297 g/mol. The first-order chi connectivity index (χ1) is 9.67. The summed E-state index contributed by atoms with van der Waals surface area (Å²) in [5, 5.41) is 7.73. The molecule has 2 rings (SSSR count). The van der Waals surface area contributed by atoms with E-state index >= 15 is 0 Å². The number of rotatable bonds is 4. The Bertz CT molecular complexity index is 469. The van der Waals surface area contributed by atoms with Gasteiger partial charge in [-0.2, -0.15) is 0 Å². The lowest BCUT2D eigenvalue weighted by Gasteiger charge is -2.22. The lowest BCUT2D eigenvalue weighted by Crippen LogP contribution is -2.37. The van der Waals surface area contributed by atoms with Crippen molar-refractivity contribution < 1.29 is 14.3 Å². The van der Waals surface area contributed by atoms with Gasteiger partial charge in [-0.05, 0) is 12.8 Å². The van der Waals surface area contributed by atoms with Crippen molar-refractivity contribution in [1.29, 1.82) is 0 Å². The lowest BCUT2D eigenvalue weighted by atomic mass is 9.95. The molecule has 0 saturated heterocycles. The zero-order valence-corrected chi connectivity index (χ0v) is 12.3. The number of carbonyl (C=O) groups excluding carboxylic acids is 2. The molecule has 0 radical (unpaired) electrons. The van der Waals surface area contributed by atoms with Crippen LogP contribution in [0.2, 0.25) is 0 Å². The molecule has 110 valence electrons. The minimum Gasteiger partial charge on any atom is -0.453 e. The van der Waals surface area contributed by atoms with Gasteiger partial charge in [-0.15, -0.1) is 11.3 Å². The van der Waals surface area contributed by atoms with Gasteiger partial charge in [-0.25, -0.2) is 9.78 Å². The molecule has 0 aromatic carbocycles. The number of methoxy groups -OCH3 is 1. The topological polar surface area (TPSA) is 80.3 Å². The molecule has 0 bridgehead atoms. The molecule has 2 N–H and O–H groups in total. The van der Waals surface area contributed by atoms with E-state index in [0.29, 0.717) is 16.9 Å². The number of hydrogen-bond donors (Lipinski definition) is 2. The van der Waals surface area contributed by atoms with Gasteiger partial charge in [-0.1, -0.05) is 19.3 Å². The van der Waals surface area contributed by atoms with Crippen molar-refractivity contribution in [1.82, 2.24) is 10.3 Å². The summed E-state index contributed by atoms with van der Waals surface area (Å²) in [6.07, 6.45) is 5.47. The average molecular weight is 297 g/mol. The van der Waals surface area contributed by atoms with Gasteiger partial charge in [0.15, 0.2) is 5.13 Å². The summed E-state index contributed by atoms with van der Waals surface area (Å²) in [6, 6.07) is 0.308. The number of amides is 2. The van der Waals surface area contributed by atoms with Gasteiger partial charge in [0.05, 0.1) is 19.2 Å². The molecule has 1 aromatic rings. The highest BCUT2D eigenvalue weighted by Gasteiger charge is 2.16. The van der Waals surface area contributed by atoms with Crippen LogP contribution in [0.5, 0.6) is 0 Å². The molecule has 1 aromatic heterocycles. The van der Waals surface area contributed by atoms with Crippen LogP contribution in [-0.2, 0) is 16.0 Å². The number of ether oxygens (including phenoxy) is 1. The normalized spacial score (nSPS) is 15.7.